The van der Waals surface area contributed by atoms with Gasteiger partial charge in [0.1, 0.15) is 22.8 Å². The van der Waals surface area contributed by atoms with Gasteiger partial charge in [-0.25, -0.2) is 0 Å². The minimum Gasteiger partial charge on any atom is -0.508 e. The largest absolute Gasteiger partial charge is 0.508 e. The van der Waals surface area contributed by atoms with Crippen molar-refractivity contribution in [2.45, 2.75) is 39.5 Å². The summed E-state index contributed by atoms with van der Waals surface area (Å²) in [6.07, 6.45) is 3.12. The van der Waals surface area contributed by atoms with Crippen molar-refractivity contribution in [3.8, 4) is 22.8 Å². The van der Waals surface area contributed by atoms with Gasteiger partial charge in [0, 0.05) is 17.2 Å². The van der Waals surface area contributed by atoms with Gasteiger partial charge in [-0.15, -0.1) is 0 Å². The van der Waals surface area contributed by atoms with Crippen LogP contribution in [0.25, 0.3) is 22.3 Å². The third kappa shape index (κ3) is 3.25. The number of hydrogen-bond acceptors (Lipinski definition) is 4. The van der Waals surface area contributed by atoms with Crippen molar-refractivity contribution in [2.75, 3.05) is 0 Å². The van der Waals surface area contributed by atoms with Crippen molar-refractivity contribution in [3.63, 3.8) is 0 Å². The van der Waals surface area contributed by atoms with Crippen LogP contribution in [0.4, 0.5) is 0 Å². The van der Waals surface area contributed by atoms with E-state index < -0.39 is 0 Å². The fourth-order valence-corrected chi connectivity index (χ4v) is 3.11. The molecule has 0 atom stereocenters. The van der Waals surface area contributed by atoms with Crippen molar-refractivity contribution in [1.82, 2.24) is 0 Å². The average Bonchev–Trinajstić information content (AvgIpc) is 2.59. The molecule has 3 aromatic rings. The Morgan fingerprint density at radius 3 is 2.36 bits per heavy atom. The zero-order chi connectivity index (χ0) is 18.0. The van der Waals surface area contributed by atoms with E-state index in [-0.39, 0.29) is 16.9 Å². The summed E-state index contributed by atoms with van der Waals surface area (Å²) in [4.78, 5) is 12.5. The normalized spacial score (nSPS) is 11.1. The molecule has 0 radical (unpaired) electrons. The Balaban J connectivity index is 2.22. The predicted molar refractivity (Wildman–Crippen MR) is 99.2 cm³/mol. The highest BCUT2D eigenvalue weighted by molar-refractivity contribution is 5.83. The monoisotopic (exact) mass is 338 g/mol. The number of phenols is 2. The Bertz CT molecular complexity index is 970. The van der Waals surface area contributed by atoms with Crippen molar-refractivity contribution >= 4 is 11.0 Å². The minimum absolute atomic E-state index is 0.140. The maximum Gasteiger partial charge on any atom is 0.193 e. The van der Waals surface area contributed by atoms with E-state index in [1.807, 2.05) is 19.9 Å². The highest BCUT2D eigenvalue weighted by atomic mass is 16.3. The first-order valence-electron chi connectivity index (χ1n) is 8.66. The summed E-state index contributed by atoms with van der Waals surface area (Å²) in [6, 6.07) is 9.83. The van der Waals surface area contributed by atoms with Gasteiger partial charge in [-0.1, -0.05) is 26.7 Å². The van der Waals surface area contributed by atoms with Crippen LogP contribution in [0.1, 0.15) is 37.8 Å². The lowest BCUT2D eigenvalue weighted by Crippen LogP contribution is -2.02. The summed E-state index contributed by atoms with van der Waals surface area (Å²) in [5.74, 6) is 0.836. The first-order chi connectivity index (χ1) is 12.0. The van der Waals surface area contributed by atoms with Gasteiger partial charge in [-0.05, 0) is 48.7 Å². The van der Waals surface area contributed by atoms with Crippen LogP contribution in [0, 0.1) is 0 Å². The second-order valence-electron chi connectivity index (χ2n) is 6.26. The van der Waals surface area contributed by atoms with Crippen LogP contribution >= 0.6 is 0 Å². The number of rotatable bonds is 5. The van der Waals surface area contributed by atoms with E-state index in [2.05, 4.69) is 0 Å². The van der Waals surface area contributed by atoms with Gasteiger partial charge in [0.15, 0.2) is 5.43 Å². The molecule has 1 aromatic heterocycles. The van der Waals surface area contributed by atoms with Crippen molar-refractivity contribution < 1.29 is 14.6 Å². The second kappa shape index (κ2) is 7.01. The molecule has 4 heteroatoms. The summed E-state index contributed by atoms with van der Waals surface area (Å²) in [5.41, 5.74) is 2.53. The molecule has 0 aliphatic heterocycles. The SMILES string of the molecule is CCCc1cc(-c2cc(=O)c3ccc(O)c(CCC)c3o2)ccc1O. The fourth-order valence-electron chi connectivity index (χ4n) is 3.11. The number of aryl methyl sites for hydroxylation is 2. The molecule has 0 spiro atoms. The van der Waals surface area contributed by atoms with E-state index in [1.54, 1.807) is 24.3 Å². The molecule has 25 heavy (non-hydrogen) atoms. The molecule has 130 valence electrons. The lowest BCUT2D eigenvalue weighted by Gasteiger charge is -2.10. The van der Waals surface area contributed by atoms with Crippen LogP contribution in [-0.2, 0) is 12.8 Å². The van der Waals surface area contributed by atoms with Gasteiger partial charge in [-0.3, -0.25) is 4.79 Å². The molecule has 3 rings (SSSR count). The Hall–Kier alpha value is -2.75. The molecule has 2 aromatic carbocycles. The highest BCUT2D eigenvalue weighted by Gasteiger charge is 2.14. The summed E-state index contributed by atoms with van der Waals surface area (Å²) in [6.45, 7) is 4.05. The molecule has 0 unspecified atom stereocenters. The highest BCUT2D eigenvalue weighted by Crippen LogP contribution is 2.32. The smallest absolute Gasteiger partial charge is 0.193 e. The van der Waals surface area contributed by atoms with Gasteiger partial charge < -0.3 is 14.6 Å². The van der Waals surface area contributed by atoms with E-state index >= 15 is 0 Å². The molecule has 0 saturated heterocycles. The van der Waals surface area contributed by atoms with Crippen LogP contribution in [0.15, 0.2) is 45.6 Å². The van der Waals surface area contributed by atoms with Gasteiger partial charge in [-0.2, -0.15) is 0 Å². The number of hydrogen-bond donors (Lipinski definition) is 2. The van der Waals surface area contributed by atoms with Crippen molar-refractivity contribution in [2.24, 2.45) is 0 Å². The number of fused-ring (bicyclic) bond motifs is 1. The zero-order valence-corrected chi connectivity index (χ0v) is 14.5. The maximum atomic E-state index is 12.5. The molecule has 0 aliphatic rings. The lowest BCUT2D eigenvalue weighted by atomic mass is 10.0. The second-order valence-corrected chi connectivity index (χ2v) is 6.26. The summed E-state index contributed by atoms with van der Waals surface area (Å²) >= 11 is 0. The van der Waals surface area contributed by atoms with E-state index in [4.69, 9.17) is 4.42 Å². The Morgan fingerprint density at radius 1 is 0.920 bits per heavy atom. The molecular formula is C21H22O4. The molecule has 4 nitrogen and oxygen atoms in total. The molecule has 0 fully saturated rings. The first kappa shape index (κ1) is 17.1. The van der Waals surface area contributed by atoms with Crippen LogP contribution in [0.2, 0.25) is 0 Å². The molecule has 2 N–H and O–H groups in total. The van der Waals surface area contributed by atoms with Crippen molar-refractivity contribution in [3.05, 3.63) is 57.7 Å². The molecule has 1 heterocycles. The fraction of sp³-hybridized carbons (Fsp3) is 0.286. The minimum atomic E-state index is -0.140. The molecule has 0 aliphatic carbocycles. The third-order valence-electron chi connectivity index (χ3n) is 4.36. The van der Waals surface area contributed by atoms with Crippen LogP contribution in [-0.4, -0.2) is 10.2 Å². The first-order valence-corrected chi connectivity index (χ1v) is 8.66. The molecule has 0 bridgehead atoms. The quantitative estimate of drug-likeness (QED) is 0.702. The summed E-state index contributed by atoms with van der Waals surface area (Å²) in [5, 5.41) is 20.6. The van der Waals surface area contributed by atoms with Crippen LogP contribution in [0.5, 0.6) is 11.5 Å². The number of aromatic hydroxyl groups is 2. The van der Waals surface area contributed by atoms with Gasteiger partial charge in [0.05, 0.1) is 5.39 Å². The van der Waals surface area contributed by atoms with E-state index in [0.717, 1.165) is 30.4 Å². The zero-order valence-electron chi connectivity index (χ0n) is 14.5. The summed E-state index contributed by atoms with van der Waals surface area (Å²) in [7, 11) is 0. The number of benzene rings is 2. The van der Waals surface area contributed by atoms with Gasteiger partial charge in [0.2, 0.25) is 0 Å². The van der Waals surface area contributed by atoms with E-state index in [0.29, 0.717) is 28.7 Å². The van der Waals surface area contributed by atoms with Gasteiger partial charge in [0.25, 0.3) is 0 Å². The van der Waals surface area contributed by atoms with Crippen LogP contribution < -0.4 is 5.43 Å². The summed E-state index contributed by atoms with van der Waals surface area (Å²) < 4.78 is 6.02. The Kier molecular flexibility index (Phi) is 4.79. The van der Waals surface area contributed by atoms with Gasteiger partial charge >= 0.3 is 0 Å². The molecular weight excluding hydrogens is 316 g/mol. The van der Waals surface area contributed by atoms with E-state index in [1.165, 1.54) is 6.07 Å². The number of phenolic OH excluding ortho intramolecular Hbond substituents is 2. The predicted octanol–water partition coefficient (Wildman–Crippen LogP) is 4.78. The topological polar surface area (TPSA) is 70.7 Å². The maximum absolute atomic E-state index is 12.5. The lowest BCUT2D eigenvalue weighted by molar-refractivity contribution is 0.466. The van der Waals surface area contributed by atoms with E-state index in [9.17, 15) is 15.0 Å². The van der Waals surface area contributed by atoms with Crippen LogP contribution in [0.3, 0.4) is 0 Å². The third-order valence-corrected chi connectivity index (χ3v) is 4.36. The Labute approximate surface area is 146 Å². The average molecular weight is 338 g/mol. The molecule has 0 saturated carbocycles. The Morgan fingerprint density at radius 2 is 1.64 bits per heavy atom. The standard InChI is InChI=1S/C21H22O4/c1-3-5-13-11-14(7-9-17(13)22)20-12-19(24)16-8-10-18(23)15(6-4-2)21(16)25-20/h7-12,22-23H,3-6H2,1-2H3. The molecule has 0 amide bonds. The van der Waals surface area contributed by atoms with Crippen molar-refractivity contribution in [1.29, 1.82) is 0 Å².